The second-order valence-corrected chi connectivity index (χ2v) is 9.97. The van der Waals surface area contributed by atoms with Gasteiger partial charge in [-0.1, -0.05) is 55.5 Å². The Bertz CT molecular complexity index is 1490. The van der Waals surface area contributed by atoms with E-state index < -0.39 is 23.5 Å². The maximum absolute atomic E-state index is 13.5. The molecule has 1 aliphatic heterocycles. The molecule has 3 aromatic carbocycles. The fraction of sp³-hybridized carbons (Fsp3) is 0.179. The number of rotatable bonds is 4. The first-order valence-electron chi connectivity index (χ1n) is 11.3. The lowest BCUT2D eigenvalue weighted by atomic mass is 9.93. The average molecular weight is 487 g/mol. The topological polar surface area (TPSA) is 70.5 Å². The Kier molecular flexibility index (Phi) is 5.73. The van der Waals surface area contributed by atoms with E-state index in [0.717, 1.165) is 21.3 Å². The van der Waals surface area contributed by atoms with Crippen LogP contribution in [0.5, 0.6) is 0 Å². The van der Waals surface area contributed by atoms with Gasteiger partial charge in [0, 0.05) is 5.56 Å². The number of hydrogen-bond donors (Lipinski definition) is 1. The van der Waals surface area contributed by atoms with E-state index in [4.69, 9.17) is 0 Å². The number of aliphatic hydroxyl groups is 1. The highest BCUT2D eigenvalue weighted by Gasteiger charge is 2.48. The molecule has 0 radical (unpaired) electrons. The van der Waals surface area contributed by atoms with E-state index in [1.807, 2.05) is 49.4 Å². The fourth-order valence-electron chi connectivity index (χ4n) is 4.29. The minimum absolute atomic E-state index is 0.0469. The predicted molar refractivity (Wildman–Crippen MR) is 136 cm³/mol. The smallest absolute Gasteiger partial charge is 0.301 e. The summed E-state index contributed by atoms with van der Waals surface area (Å²) in [6, 6.07) is 17.8. The molecule has 2 heterocycles. The highest BCUT2D eigenvalue weighted by Crippen LogP contribution is 2.44. The zero-order chi connectivity index (χ0) is 24.9. The van der Waals surface area contributed by atoms with Crippen molar-refractivity contribution in [1.29, 1.82) is 0 Å². The summed E-state index contributed by atoms with van der Waals surface area (Å²) >= 11 is 1.32. The Balaban J connectivity index is 1.71. The van der Waals surface area contributed by atoms with Crippen LogP contribution in [0.15, 0.2) is 72.3 Å². The van der Waals surface area contributed by atoms with Crippen LogP contribution in [0.2, 0.25) is 0 Å². The largest absolute Gasteiger partial charge is 0.507 e. The van der Waals surface area contributed by atoms with Crippen LogP contribution in [-0.2, 0) is 9.59 Å². The number of carbonyl (C=O) groups is 2. The highest BCUT2D eigenvalue weighted by atomic mass is 32.1. The first kappa shape index (κ1) is 22.9. The van der Waals surface area contributed by atoms with Crippen LogP contribution in [0.4, 0.5) is 9.52 Å². The zero-order valence-corrected chi connectivity index (χ0v) is 20.3. The molecule has 1 aromatic heterocycles. The summed E-state index contributed by atoms with van der Waals surface area (Å²) < 4.78 is 14.4. The van der Waals surface area contributed by atoms with Crippen LogP contribution in [0.25, 0.3) is 16.0 Å². The number of aromatic nitrogens is 1. The Hall–Kier alpha value is -3.84. The number of benzene rings is 3. The number of Topliss-reactive ketones (excluding diaryl/α,β-unsaturated/α-hetero) is 1. The summed E-state index contributed by atoms with van der Waals surface area (Å²) in [5.74, 6) is -2.07. The van der Waals surface area contributed by atoms with Crippen LogP contribution in [0.3, 0.4) is 0 Å². The number of fused-ring (bicyclic) bond motifs is 1. The maximum atomic E-state index is 13.5. The van der Waals surface area contributed by atoms with Gasteiger partial charge in [0.05, 0.1) is 21.8 Å². The molecular formula is C28H23FN2O3S. The van der Waals surface area contributed by atoms with Crippen LogP contribution in [0.1, 0.15) is 48.1 Å². The first-order valence-corrected chi connectivity index (χ1v) is 12.1. The third-order valence-corrected chi connectivity index (χ3v) is 7.24. The van der Waals surface area contributed by atoms with Crippen LogP contribution in [0, 0.1) is 12.7 Å². The van der Waals surface area contributed by atoms with Gasteiger partial charge in [-0.25, -0.2) is 9.37 Å². The zero-order valence-electron chi connectivity index (χ0n) is 19.4. The second kappa shape index (κ2) is 8.74. The van der Waals surface area contributed by atoms with Crippen LogP contribution >= 0.6 is 11.3 Å². The van der Waals surface area contributed by atoms with E-state index in [0.29, 0.717) is 16.6 Å². The molecule has 0 saturated carbocycles. The molecule has 1 aliphatic rings. The quantitative estimate of drug-likeness (QED) is 0.203. The number of amides is 1. The maximum Gasteiger partial charge on any atom is 0.301 e. The molecular weight excluding hydrogens is 463 g/mol. The molecule has 4 aromatic rings. The molecule has 0 bridgehead atoms. The number of halogens is 1. The van der Waals surface area contributed by atoms with Crippen molar-refractivity contribution >= 4 is 44.1 Å². The van der Waals surface area contributed by atoms with Gasteiger partial charge in [-0.15, -0.1) is 0 Å². The van der Waals surface area contributed by atoms with Crippen molar-refractivity contribution in [3.8, 4) is 0 Å². The van der Waals surface area contributed by atoms with Crippen LogP contribution < -0.4 is 4.90 Å². The summed E-state index contributed by atoms with van der Waals surface area (Å²) in [4.78, 5) is 32.6. The van der Waals surface area contributed by atoms with Gasteiger partial charge in [0.25, 0.3) is 5.78 Å². The molecule has 0 spiro atoms. The van der Waals surface area contributed by atoms with Crippen molar-refractivity contribution in [2.24, 2.45) is 0 Å². The lowest BCUT2D eigenvalue weighted by Gasteiger charge is -2.23. The van der Waals surface area contributed by atoms with Crippen molar-refractivity contribution in [3.05, 3.63) is 100 Å². The van der Waals surface area contributed by atoms with E-state index in [-0.39, 0.29) is 16.9 Å². The number of thiazole rings is 1. The van der Waals surface area contributed by atoms with Crippen molar-refractivity contribution in [1.82, 2.24) is 4.98 Å². The van der Waals surface area contributed by atoms with Gasteiger partial charge in [0.2, 0.25) is 0 Å². The van der Waals surface area contributed by atoms with Gasteiger partial charge in [0.15, 0.2) is 5.13 Å². The third kappa shape index (κ3) is 4.02. The Morgan fingerprint density at radius 2 is 1.71 bits per heavy atom. The van der Waals surface area contributed by atoms with Crippen LogP contribution in [-0.4, -0.2) is 21.8 Å². The second-order valence-electron chi connectivity index (χ2n) is 8.96. The van der Waals surface area contributed by atoms with Crippen molar-refractivity contribution in [3.63, 3.8) is 0 Å². The average Bonchev–Trinajstić information content (AvgIpc) is 3.37. The number of ketones is 1. The molecule has 7 heteroatoms. The molecule has 35 heavy (non-hydrogen) atoms. The van der Waals surface area contributed by atoms with Crippen molar-refractivity contribution in [2.45, 2.75) is 32.7 Å². The Morgan fingerprint density at radius 1 is 1.03 bits per heavy atom. The Labute approximate surface area is 206 Å². The molecule has 0 unspecified atom stereocenters. The first-order chi connectivity index (χ1) is 16.7. The van der Waals surface area contributed by atoms with E-state index in [1.54, 1.807) is 0 Å². The standard InChI is InChI=1S/C28H23FN2O3S/c1-15(2)17-5-7-18(8-6-17)24-23(25(32)19-9-11-20(29)12-10-19)26(33)27(34)31(24)28-30-21-13-4-16(3)14-22(21)35-28/h4-15,24,32H,1-3H3/t24-/m1/s1. The Morgan fingerprint density at radius 3 is 2.37 bits per heavy atom. The molecule has 1 atom stereocenters. The number of aryl methyl sites for hydroxylation is 1. The number of anilines is 1. The van der Waals surface area contributed by atoms with Gasteiger partial charge in [-0.2, -0.15) is 0 Å². The van der Waals surface area contributed by atoms with Gasteiger partial charge in [-0.05, 0) is 65.9 Å². The van der Waals surface area contributed by atoms with E-state index in [1.165, 1.54) is 40.5 Å². The predicted octanol–water partition coefficient (Wildman–Crippen LogP) is 6.49. The summed E-state index contributed by atoms with van der Waals surface area (Å²) in [5, 5.41) is 11.5. The molecule has 1 amide bonds. The normalized spacial score (nSPS) is 17.6. The molecule has 5 nitrogen and oxygen atoms in total. The van der Waals surface area contributed by atoms with E-state index in [2.05, 4.69) is 18.8 Å². The highest BCUT2D eigenvalue weighted by molar-refractivity contribution is 7.22. The number of carbonyl (C=O) groups excluding carboxylic acids is 2. The number of nitrogens with zero attached hydrogens (tertiary/aromatic N) is 2. The van der Waals surface area contributed by atoms with Gasteiger partial charge in [-0.3, -0.25) is 14.5 Å². The molecule has 5 rings (SSSR count). The minimum atomic E-state index is -0.872. The van der Waals surface area contributed by atoms with Crippen molar-refractivity contribution in [2.75, 3.05) is 4.90 Å². The van der Waals surface area contributed by atoms with Gasteiger partial charge in [0.1, 0.15) is 11.6 Å². The summed E-state index contributed by atoms with van der Waals surface area (Å²) in [6.07, 6.45) is 0. The number of aliphatic hydroxyl groups excluding tert-OH is 1. The third-order valence-electron chi connectivity index (χ3n) is 6.22. The summed E-state index contributed by atoms with van der Waals surface area (Å²) in [5.41, 5.74) is 3.78. The number of hydrogen-bond acceptors (Lipinski definition) is 5. The SMILES string of the molecule is Cc1ccc2nc(N3C(=O)C(=O)C(=C(O)c4ccc(F)cc4)[C@H]3c3ccc(C(C)C)cc3)sc2c1. The minimum Gasteiger partial charge on any atom is -0.507 e. The van der Waals surface area contributed by atoms with Gasteiger partial charge < -0.3 is 5.11 Å². The van der Waals surface area contributed by atoms with E-state index in [9.17, 15) is 19.1 Å². The lowest BCUT2D eigenvalue weighted by Crippen LogP contribution is -2.29. The van der Waals surface area contributed by atoms with Crippen molar-refractivity contribution < 1.29 is 19.1 Å². The summed E-state index contributed by atoms with van der Waals surface area (Å²) in [6.45, 7) is 6.14. The molecule has 1 saturated heterocycles. The molecule has 1 fully saturated rings. The molecule has 1 N–H and O–H groups in total. The summed E-state index contributed by atoms with van der Waals surface area (Å²) in [7, 11) is 0. The molecule has 176 valence electrons. The lowest BCUT2D eigenvalue weighted by molar-refractivity contribution is -0.132. The van der Waals surface area contributed by atoms with Gasteiger partial charge >= 0.3 is 5.91 Å². The fourth-order valence-corrected chi connectivity index (χ4v) is 5.38. The molecule has 0 aliphatic carbocycles. The van der Waals surface area contributed by atoms with E-state index >= 15 is 0 Å². The monoisotopic (exact) mass is 486 g/mol.